The fraction of sp³-hybridized carbons (Fsp3) is 0.529. The molecule has 0 saturated carbocycles. The Morgan fingerprint density at radius 2 is 2.11 bits per heavy atom. The predicted molar refractivity (Wildman–Crippen MR) is 81.3 cm³/mol. The highest BCUT2D eigenvalue weighted by molar-refractivity contribution is 5.31. The summed E-state index contributed by atoms with van der Waals surface area (Å²) in [5.74, 6) is 7.03. The molecule has 0 saturated heterocycles. The topological polar surface area (TPSA) is 21.3 Å². The van der Waals surface area contributed by atoms with Crippen LogP contribution in [0.25, 0.3) is 0 Å². The number of hydrogen-bond acceptors (Lipinski definition) is 2. The molecule has 0 bridgehead atoms. The lowest BCUT2D eigenvalue weighted by Crippen LogP contribution is -2.20. The van der Waals surface area contributed by atoms with Crippen molar-refractivity contribution >= 4 is 0 Å². The van der Waals surface area contributed by atoms with Gasteiger partial charge < -0.3 is 10.1 Å². The Hall–Kier alpha value is -1.46. The summed E-state index contributed by atoms with van der Waals surface area (Å²) >= 11 is 0. The van der Waals surface area contributed by atoms with Gasteiger partial charge in [0.2, 0.25) is 0 Å². The van der Waals surface area contributed by atoms with E-state index in [4.69, 9.17) is 4.74 Å². The van der Waals surface area contributed by atoms with Crippen LogP contribution in [-0.4, -0.2) is 12.6 Å². The standard InChI is InChI=1S/C17H25NO/c1-5-7-8-12-17(18-6-2)15-10-9-11-16(13-15)19-14(3)4/h9-11,13-14,17-18H,6,8,12H2,1-4H3. The molecule has 0 spiro atoms. The fourth-order valence-electron chi connectivity index (χ4n) is 2.05. The largest absolute Gasteiger partial charge is 0.491 e. The zero-order valence-corrected chi connectivity index (χ0v) is 12.5. The van der Waals surface area contributed by atoms with Crippen molar-refractivity contribution in [1.82, 2.24) is 5.32 Å². The summed E-state index contributed by atoms with van der Waals surface area (Å²) < 4.78 is 5.75. The molecule has 19 heavy (non-hydrogen) atoms. The average Bonchev–Trinajstić information content (AvgIpc) is 2.37. The van der Waals surface area contributed by atoms with Crippen molar-refractivity contribution in [2.45, 2.75) is 52.7 Å². The molecular formula is C17H25NO. The van der Waals surface area contributed by atoms with Crippen LogP contribution in [0.1, 0.15) is 52.1 Å². The van der Waals surface area contributed by atoms with E-state index in [0.717, 1.165) is 25.1 Å². The molecule has 0 fully saturated rings. The van der Waals surface area contributed by atoms with E-state index in [1.807, 2.05) is 26.8 Å². The van der Waals surface area contributed by atoms with Crippen molar-refractivity contribution in [3.8, 4) is 17.6 Å². The number of benzene rings is 1. The maximum absolute atomic E-state index is 5.75. The van der Waals surface area contributed by atoms with Gasteiger partial charge in [0.25, 0.3) is 0 Å². The van der Waals surface area contributed by atoms with Crippen LogP contribution in [0.5, 0.6) is 5.75 Å². The lowest BCUT2D eigenvalue weighted by molar-refractivity contribution is 0.242. The van der Waals surface area contributed by atoms with Crippen LogP contribution >= 0.6 is 0 Å². The monoisotopic (exact) mass is 259 g/mol. The maximum atomic E-state index is 5.75. The van der Waals surface area contributed by atoms with Gasteiger partial charge in [0.15, 0.2) is 0 Å². The molecule has 0 aliphatic carbocycles. The van der Waals surface area contributed by atoms with E-state index in [2.05, 4.69) is 42.3 Å². The molecule has 104 valence electrons. The highest BCUT2D eigenvalue weighted by atomic mass is 16.5. The van der Waals surface area contributed by atoms with Gasteiger partial charge in [-0.3, -0.25) is 0 Å². The van der Waals surface area contributed by atoms with Gasteiger partial charge in [0.1, 0.15) is 5.75 Å². The third-order valence-corrected chi connectivity index (χ3v) is 2.82. The Kier molecular flexibility index (Phi) is 7.07. The van der Waals surface area contributed by atoms with Gasteiger partial charge >= 0.3 is 0 Å². The third-order valence-electron chi connectivity index (χ3n) is 2.82. The molecule has 1 aromatic carbocycles. The summed E-state index contributed by atoms with van der Waals surface area (Å²) in [6.07, 6.45) is 2.15. The molecule has 1 atom stereocenters. The molecule has 0 heterocycles. The van der Waals surface area contributed by atoms with Crippen LogP contribution in [0.15, 0.2) is 24.3 Å². The summed E-state index contributed by atoms with van der Waals surface area (Å²) in [4.78, 5) is 0. The zero-order valence-electron chi connectivity index (χ0n) is 12.5. The molecule has 0 aliphatic heterocycles. The molecule has 0 aliphatic rings. The number of nitrogens with one attached hydrogen (secondary N) is 1. The predicted octanol–water partition coefficient (Wildman–Crippen LogP) is 3.93. The summed E-state index contributed by atoms with van der Waals surface area (Å²) in [6.45, 7) is 9.07. The lowest BCUT2D eigenvalue weighted by atomic mass is 10.0. The van der Waals surface area contributed by atoms with Gasteiger partial charge in [0, 0.05) is 12.5 Å². The van der Waals surface area contributed by atoms with E-state index < -0.39 is 0 Å². The van der Waals surface area contributed by atoms with E-state index in [1.54, 1.807) is 0 Å². The Labute approximate surface area is 117 Å². The van der Waals surface area contributed by atoms with Crippen LogP contribution in [-0.2, 0) is 0 Å². The normalized spacial score (nSPS) is 11.8. The van der Waals surface area contributed by atoms with Crippen molar-refractivity contribution in [2.75, 3.05) is 6.54 Å². The van der Waals surface area contributed by atoms with Crippen LogP contribution in [0.2, 0.25) is 0 Å². The molecule has 0 amide bonds. The second-order valence-corrected chi connectivity index (χ2v) is 4.81. The van der Waals surface area contributed by atoms with Crippen molar-refractivity contribution in [1.29, 1.82) is 0 Å². The SMILES string of the molecule is CC#CCCC(NCC)c1cccc(OC(C)C)c1. The lowest BCUT2D eigenvalue weighted by Gasteiger charge is -2.19. The number of ether oxygens (including phenoxy) is 1. The Bertz CT molecular complexity index is 428. The first-order chi connectivity index (χ1) is 9.17. The molecule has 2 heteroatoms. The minimum Gasteiger partial charge on any atom is -0.491 e. The molecule has 0 aromatic heterocycles. The van der Waals surface area contributed by atoms with Crippen molar-refractivity contribution in [2.24, 2.45) is 0 Å². The maximum Gasteiger partial charge on any atom is 0.120 e. The first kappa shape index (κ1) is 15.6. The van der Waals surface area contributed by atoms with E-state index in [-0.39, 0.29) is 6.10 Å². The van der Waals surface area contributed by atoms with E-state index in [1.165, 1.54) is 5.56 Å². The van der Waals surface area contributed by atoms with Gasteiger partial charge in [-0.05, 0) is 51.4 Å². The Morgan fingerprint density at radius 3 is 2.74 bits per heavy atom. The van der Waals surface area contributed by atoms with Crippen molar-refractivity contribution < 1.29 is 4.74 Å². The van der Waals surface area contributed by atoms with Crippen molar-refractivity contribution in [3.63, 3.8) is 0 Å². The minimum absolute atomic E-state index is 0.207. The van der Waals surface area contributed by atoms with Crippen LogP contribution in [0, 0.1) is 11.8 Å². The van der Waals surface area contributed by atoms with Gasteiger partial charge in [-0.2, -0.15) is 0 Å². The Balaban J connectivity index is 2.78. The molecule has 1 unspecified atom stereocenters. The Morgan fingerprint density at radius 1 is 1.32 bits per heavy atom. The van der Waals surface area contributed by atoms with Gasteiger partial charge in [-0.1, -0.05) is 19.1 Å². The summed E-state index contributed by atoms with van der Waals surface area (Å²) in [5.41, 5.74) is 1.28. The van der Waals surface area contributed by atoms with E-state index in [0.29, 0.717) is 6.04 Å². The fourth-order valence-corrected chi connectivity index (χ4v) is 2.05. The highest BCUT2D eigenvalue weighted by Gasteiger charge is 2.10. The van der Waals surface area contributed by atoms with Crippen LogP contribution in [0.3, 0.4) is 0 Å². The summed E-state index contributed by atoms with van der Waals surface area (Å²) in [7, 11) is 0. The molecule has 2 nitrogen and oxygen atoms in total. The third kappa shape index (κ3) is 5.81. The van der Waals surface area contributed by atoms with E-state index >= 15 is 0 Å². The van der Waals surface area contributed by atoms with Gasteiger partial charge in [0.05, 0.1) is 6.10 Å². The second-order valence-electron chi connectivity index (χ2n) is 4.81. The van der Waals surface area contributed by atoms with Crippen molar-refractivity contribution in [3.05, 3.63) is 29.8 Å². The van der Waals surface area contributed by atoms with Crippen LogP contribution < -0.4 is 10.1 Å². The highest BCUT2D eigenvalue weighted by Crippen LogP contribution is 2.23. The molecule has 1 rings (SSSR count). The molecule has 0 radical (unpaired) electrons. The first-order valence-electron chi connectivity index (χ1n) is 7.07. The quantitative estimate of drug-likeness (QED) is 0.749. The zero-order chi connectivity index (χ0) is 14.1. The average molecular weight is 259 g/mol. The van der Waals surface area contributed by atoms with E-state index in [9.17, 15) is 0 Å². The molecule has 1 N–H and O–H groups in total. The van der Waals surface area contributed by atoms with Crippen LogP contribution in [0.4, 0.5) is 0 Å². The second kappa shape index (κ2) is 8.61. The van der Waals surface area contributed by atoms with Gasteiger partial charge in [-0.25, -0.2) is 0 Å². The minimum atomic E-state index is 0.207. The smallest absolute Gasteiger partial charge is 0.120 e. The number of rotatable bonds is 7. The molecule has 1 aromatic rings. The summed E-state index contributed by atoms with van der Waals surface area (Å²) in [5, 5.41) is 3.52. The van der Waals surface area contributed by atoms with Gasteiger partial charge in [-0.15, -0.1) is 11.8 Å². The summed E-state index contributed by atoms with van der Waals surface area (Å²) in [6, 6.07) is 8.70. The number of hydrogen-bond donors (Lipinski definition) is 1. The first-order valence-corrected chi connectivity index (χ1v) is 7.07. The molecular weight excluding hydrogens is 234 g/mol.